The second-order valence-electron chi connectivity index (χ2n) is 1.68. The summed E-state index contributed by atoms with van der Waals surface area (Å²) < 4.78 is 21.2. The molecule has 0 aromatic carbocycles. The maximum absolute atomic E-state index is 10.4. The molecule has 0 radical (unpaired) electrons. The van der Waals surface area contributed by atoms with Gasteiger partial charge in [0.25, 0.3) is 0 Å². The molecule has 0 bridgehead atoms. The van der Waals surface area contributed by atoms with Crippen molar-refractivity contribution in [3.63, 3.8) is 0 Å². The molecule has 0 amide bonds. The monoisotopic (exact) mass is 254 g/mol. The van der Waals surface area contributed by atoms with E-state index >= 15 is 0 Å². The van der Waals surface area contributed by atoms with E-state index < -0.39 is 11.1 Å². The van der Waals surface area contributed by atoms with E-state index in [-0.39, 0.29) is 9.50 Å². The summed E-state index contributed by atoms with van der Waals surface area (Å²) in [6.07, 6.45) is 1.36. The molecule has 6 heteroatoms. The largest absolute Gasteiger partial charge is 0.768 e. The summed E-state index contributed by atoms with van der Waals surface area (Å²) in [5.74, 6) is 0. The third-order valence-corrected chi connectivity index (χ3v) is 2.72. The van der Waals surface area contributed by atoms with E-state index in [0.29, 0.717) is 5.02 Å². The first kappa shape index (κ1) is 9.12. The van der Waals surface area contributed by atoms with Crippen LogP contribution in [-0.4, -0.2) is 13.7 Å². The normalized spacial score (nSPS) is 13.0. The first-order chi connectivity index (χ1) is 5.11. The average molecular weight is 255 g/mol. The lowest BCUT2D eigenvalue weighted by molar-refractivity contribution is 0.536. The molecule has 3 nitrogen and oxygen atoms in total. The standard InChI is InChI=1S/C5H3BrClNO2S/c6-5-4(11(9)10)1-3(7)2-8-5/h1-2H,(H,9,10)/p-1. The van der Waals surface area contributed by atoms with Crippen molar-refractivity contribution >= 4 is 38.6 Å². The van der Waals surface area contributed by atoms with Gasteiger partial charge in [-0.05, 0) is 33.1 Å². The van der Waals surface area contributed by atoms with Gasteiger partial charge in [0.05, 0.1) is 9.92 Å². The molecule has 0 saturated carbocycles. The minimum Gasteiger partial charge on any atom is -0.768 e. The van der Waals surface area contributed by atoms with E-state index in [1.807, 2.05) is 0 Å². The molecule has 1 aromatic heterocycles. The van der Waals surface area contributed by atoms with Crippen LogP contribution in [0, 0.1) is 0 Å². The fraction of sp³-hybridized carbons (Fsp3) is 0. The quantitative estimate of drug-likeness (QED) is 0.567. The van der Waals surface area contributed by atoms with Crippen LogP contribution in [0.2, 0.25) is 5.02 Å². The van der Waals surface area contributed by atoms with Gasteiger partial charge in [-0.2, -0.15) is 0 Å². The summed E-state index contributed by atoms with van der Waals surface area (Å²) in [4.78, 5) is 3.76. The molecule has 0 saturated heterocycles. The first-order valence-electron chi connectivity index (χ1n) is 2.51. The average Bonchev–Trinajstić information content (AvgIpc) is 1.94. The van der Waals surface area contributed by atoms with Gasteiger partial charge in [-0.25, -0.2) is 4.98 Å². The van der Waals surface area contributed by atoms with Crippen LogP contribution in [0.25, 0.3) is 0 Å². The number of nitrogens with zero attached hydrogens (tertiary/aromatic N) is 1. The van der Waals surface area contributed by atoms with E-state index in [1.54, 1.807) is 0 Å². The van der Waals surface area contributed by atoms with Crippen LogP contribution in [0.3, 0.4) is 0 Å². The van der Waals surface area contributed by atoms with Crippen LogP contribution in [0.5, 0.6) is 0 Å². The van der Waals surface area contributed by atoms with Crippen molar-refractivity contribution in [1.82, 2.24) is 4.98 Å². The van der Waals surface area contributed by atoms with Gasteiger partial charge in [0.15, 0.2) is 0 Å². The van der Waals surface area contributed by atoms with Crippen LogP contribution in [-0.2, 0) is 11.1 Å². The van der Waals surface area contributed by atoms with Crippen LogP contribution < -0.4 is 0 Å². The maximum Gasteiger partial charge on any atom is 0.121 e. The zero-order chi connectivity index (χ0) is 8.43. The Morgan fingerprint density at radius 3 is 2.82 bits per heavy atom. The predicted molar refractivity (Wildman–Crippen MR) is 44.1 cm³/mol. The fourth-order valence-corrected chi connectivity index (χ4v) is 1.77. The highest BCUT2D eigenvalue weighted by atomic mass is 79.9. The molecule has 11 heavy (non-hydrogen) atoms. The van der Waals surface area contributed by atoms with Crippen LogP contribution in [0.1, 0.15) is 0 Å². The Balaban J connectivity index is 3.23. The molecule has 0 N–H and O–H groups in total. The molecule has 0 aliphatic heterocycles. The van der Waals surface area contributed by atoms with E-state index in [1.165, 1.54) is 12.3 Å². The highest BCUT2D eigenvalue weighted by molar-refractivity contribution is 9.10. The molecular weight excluding hydrogens is 253 g/mol. The molecule has 1 atom stereocenters. The summed E-state index contributed by atoms with van der Waals surface area (Å²) in [7, 11) is 0. The highest BCUT2D eigenvalue weighted by Crippen LogP contribution is 2.20. The second kappa shape index (κ2) is 3.62. The van der Waals surface area contributed by atoms with Gasteiger partial charge in [-0.3, -0.25) is 4.21 Å². The minimum atomic E-state index is -2.29. The SMILES string of the molecule is O=S([O-])c1cc(Cl)cnc1Br. The van der Waals surface area contributed by atoms with Gasteiger partial charge in [0, 0.05) is 6.20 Å². The number of pyridine rings is 1. The van der Waals surface area contributed by atoms with Crippen molar-refractivity contribution < 1.29 is 8.76 Å². The first-order valence-corrected chi connectivity index (χ1v) is 4.76. The molecule has 1 heterocycles. The third-order valence-electron chi connectivity index (χ3n) is 0.953. The number of hydrogen-bond acceptors (Lipinski definition) is 3. The lowest BCUT2D eigenvalue weighted by Gasteiger charge is -2.05. The molecule has 1 rings (SSSR count). The molecule has 1 unspecified atom stereocenters. The molecular formula is C5H2BrClNO2S-. The van der Waals surface area contributed by atoms with E-state index in [0.717, 1.165) is 0 Å². The molecule has 0 spiro atoms. The molecule has 1 aromatic rings. The van der Waals surface area contributed by atoms with Crippen molar-refractivity contribution in [2.45, 2.75) is 4.90 Å². The lowest BCUT2D eigenvalue weighted by Crippen LogP contribution is -1.92. The highest BCUT2D eigenvalue weighted by Gasteiger charge is 2.01. The van der Waals surface area contributed by atoms with Crippen molar-refractivity contribution in [2.75, 3.05) is 0 Å². The summed E-state index contributed by atoms with van der Waals surface area (Å²) in [5, 5.41) is 0.299. The van der Waals surface area contributed by atoms with Gasteiger partial charge < -0.3 is 4.55 Å². The van der Waals surface area contributed by atoms with Gasteiger partial charge in [-0.1, -0.05) is 11.6 Å². The van der Waals surface area contributed by atoms with E-state index in [9.17, 15) is 8.76 Å². The summed E-state index contributed by atoms with van der Waals surface area (Å²) >= 11 is 6.18. The summed E-state index contributed by atoms with van der Waals surface area (Å²) in [6.45, 7) is 0. The Bertz CT molecular complexity index is 307. The fourth-order valence-electron chi connectivity index (χ4n) is 0.521. The van der Waals surface area contributed by atoms with Gasteiger partial charge >= 0.3 is 0 Å². The summed E-state index contributed by atoms with van der Waals surface area (Å²) in [6, 6.07) is 1.32. The Morgan fingerprint density at radius 2 is 2.36 bits per heavy atom. The maximum atomic E-state index is 10.4. The number of halogens is 2. The molecule has 0 fully saturated rings. The Morgan fingerprint density at radius 1 is 1.73 bits per heavy atom. The van der Waals surface area contributed by atoms with Crippen molar-refractivity contribution in [3.05, 3.63) is 21.9 Å². The minimum absolute atomic E-state index is 0.0671. The van der Waals surface area contributed by atoms with Gasteiger partial charge in [-0.15, -0.1) is 0 Å². The Labute approximate surface area is 79.2 Å². The van der Waals surface area contributed by atoms with Crippen molar-refractivity contribution in [1.29, 1.82) is 0 Å². The summed E-state index contributed by atoms with van der Waals surface area (Å²) in [5.41, 5.74) is 0. The molecule has 0 aliphatic rings. The number of hydrogen-bond donors (Lipinski definition) is 0. The number of rotatable bonds is 1. The zero-order valence-electron chi connectivity index (χ0n) is 5.08. The van der Waals surface area contributed by atoms with Gasteiger partial charge in [0.1, 0.15) is 4.60 Å². The van der Waals surface area contributed by atoms with Crippen molar-refractivity contribution in [3.8, 4) is 0 Å². The van der Waals surface area contributed by atoms with Crippen LogP contribution in [0.4, 0.5) is 0 Å². The smallest absolute Gasteiger partial charge is 0.121 e. The Kier molecular flexibility index (Phi) is 3.00. The van der Waals surface area contributed by atoms with Crippen molar-refractivity contribution in [2.24, 2.45) is 0 Å². The van der Waals surface area contributed by atoms with Crippen LogP contribution in [0.15, 0.2) is 21.8 Å². The predicted octanol–water partition coefficient (Wildman–Crippen LogP) is 1.74. The lowest BCUT2D eigenvalue weighted by atomic mass is 10.5. The second-order valence-corrected chi connectivity index (χ2v) is 3.77. The Hall–Kier alpha value is 0.0300. The third kappa shape index (κ3) is 2.23. The topological polar surface area (TPSA) is 53.0 Å². The number of aromatic nitrogens is 1. The van der Waals surface area contributed by atoms with Gasteiger partial charge in [0.2, 0.25) is 0 Å². The molecule has 0 aliphatic carbocycles. The van der Waals surface area contributed by atoms with Crippen LogP contribution >= 0.6 is 27.5 Å². The molecule has 60 valence electrons. The van der Waals surface area contributed by atoms with E-state index in [2.05, 4.69) is 20.9 Å². The van der Waals surface area contributed by atoms with E-state index in [4.69, 9.17) is 11.6 Å². The zero-order valence-corrected chi connectivity index (χ0v) is 8.24.